The molecule has 0 aromatic heterocycles. The van der Waals surface area contributed by atoms with Gasteiger partial charge in [-0.05, 0) is 73.1 Å². The Morgan fingerprint density at radius 3 is 2.52 bits per heavy atom. The predicted molar refractivity (Wildman–Crippen MR) is 125 cm³/mol. The van der Waals surface area contributed by atoms with Crippen molar-refractivity contribution in [3.8, 4) is 5.75 Å². The smallest absolute Gasteiger partial charge is 0.263 e. The number of ether oxygens (including phenoxy) is 1. The zero-order valence-electron chi connectivity index (χ0n) is 19.7. The Morgan fingerprint density at radius 1 is 1.06 bits per heavy atom. The van der Waals surface area contributed by atoms with E-state index < -0.39 is 6.10 Å². The SMILES string of the molecule is CC(C)CC(=O)N1CCc2ccc(O[C@H](C)C(=O)N3CCCC3)cc2[C@H]1c1cccc(F)c1. The van der Waals surface area contributed by atoms with Crippen molar-refractivity contribution in [2.75, 3.05) is 19.6 Å². The van der Waals surface area contributed by atoms with Gasteiger partial charge in [0.05, 0.1) is 6.04 Å². The molecule has 33 heavy (non-hydrogen) atoms. The van der Waals surface area contributed by atoms with Crippen LogP contribution in [-0.4, -0.2) is 47.4 Å². The standard InChI is InChI=1S/C27H33FN2O3/c1-18(2)15-25(31)30-14-11-20-9-10-23(33-19(3)27(32)29-12-4-5-13-29)17-24(20)26(30)21-7-6-8-22(28)16-21/h6-10,16-19,26H,4-5,11-15H2,1-3H3/t19-,26-/m1/s1. The zero-order chi connectivity index (χ0) is 23.5. The van der Waals surface area contributed by atoms with E-state index in [0.717, 1.165) is 49.0 Å². The van der Waals surface area contributed by atoms with Crippen LogP contribution in [0.4, 0.5) is 4.39 Å². The van der Waals surface area contributed by atoms with E-state index in [1.165, 1.54) is 12.1 Å². The van der Waals surface area contributed by atoms with E-state index in [9.17, 15) is 14.0 Å². The van der Waals surface area contributed by atoms with Gasteiger partial charge in [0.25, 0.3) is 5.91 Å². The third-order valence-corrected chi connectivity index (χ3v) is 6.49. The van der Waals surface area contributed by atoms with E-state index in [1.807, 2.05) is 47.9 Å². The van der Waals surface area contributed by atoms with Gasteiger partial charge in [-0.3, -0.25) is 9.59 Å². The van der Waals surface area contributed by atoms with Gasteiger partial charge >= 0.3 is 0 Å². The van der Waals surface area contributed by atoms with Crippen molar-refractivity contribution in [3.63, 3.8) is 0 Å². The number of halogens is 1. The number of benzene rings is 2. The summed E-state index contributed by atoms with van der Waals surface area (Å²) in [7, 11) is 0. The Labute approximate surface area is 195 Å². The molecule has 0 spiro atoms. The second-order valence-corrected chi connectivity index (χ2v) is 9.55. The molecule has 2 amide bonds. The van der Waals surface area contributed by atoms with Crippen LogP contribution in [0.2, 0.25) is 0 Å². The summed E-state index contributed by atoms with van der Waals surface area (Å²) in [4.78, 5) is 29.6. The van der Waals surface area contributed by atoms with Gasteiger partial charge in [-0.15, -0.1) is 0 Å². The lowest BCUT2D eigenvalue weighted by Gasteiger charge is -2.38. The van der Waals surface area contributed by atoms with Gasteiger partial charge in [0.15, 0.2) is 6.10 Å². The van der Waals surface area contributed by atoms with Gasteiger partial charge in [0.2, 0.25) is 5.91 Å². The molecule has 2 aliphatic rings. The van der Waals surface area contributed by atoms with E-state index in [-0.39, 0.29) is 29.6 Å². The monoisotopic (exact) mass is 452 g/mol. The molecule has 2 aliphatic heterocycles. The van der Waals surface area contributed by atoms with Crippen LogP contribution in [0, 0.1) is 11.7 Å². The van der Waals surface area contributed by atoms with Crippen molar-refractivity contribution >= 4 is 11.8 Å². The van der Waals surface area contributed by atoms with E-state index in [4.69, 9.17) is 4.74 Å². The average Bonchev–Trinajstić information content (AvgIpc) is 3.32. The van der Waals surface area contributed by atoms with Crippen LogP contribution in [0.25, 0.3) is 0 Å². The molecule has 0 unspecified atom stereocenters. The van der Waals surface area contributed by atoms with Gasteiger partial charge in [-0.2, -0.15) is 0 Å². The molecule has 2 aromatic carbocycles. The van der Waals surface area contributed by atoms with Crippen LogP contribution in [0.3, 0.4) is 0 Å². The molecule has 4 rings (SSSR count). The highest BCUT2D eigenvalue weighted by molar-refractivity contribution is 5.81. The molecule has 2 heterocycles. The summed E-state index contributed by atoms with van der Waals surface area (Å²) in [6.07, 6.45) is 2.66. The quantitative estimate of drug-likeness (QED) is 0.636. The number of nitrogens with zero attached hydrogens (tertiary/aromatic N) is 2. The fraction of sp³-hybridized carbons (Fsp3) is 0.481. The highest BCUT2D eigenvalue weighted by Crippen LogP contribution is 2.38. The van der Waals surface area contributed by atoms with Crippen LogP contribution in [0.5, 0.6) is 5.75 Å². The summed E-state index contributed by atoms with van der Waals surface area (Å²) < 4.78 is 20.2. The zero-order valence-corrected chi connectivity index (χ0v) is 19.7. The number of carbonyl (C=O) groups excluding carboxylic acids is 2. The minimum absolute atomic E-state index is 0.000592. The molecule has 6 heteroatoms. The van der Waals surface area contributed by atoms with Crippen molar-refractivity contribution in [1.82, 2.24) is 9.80 Å². The number of likely N-dealkylation sites (tertiary alicyclic amines) is 1. The topological polar surface area (TPSA) is 49.9 Å². The Bertz CT molecular complexity index is 1020. The minimum Gasteiger partial charge on any atom is -0.481 e. The van der Waals surface area contributed by atoms with Crippen LogP contribution >= 0.6 is 0 Å². The summed E-state index contributed by atoms with van der Waals surface area (Å²) >= 11 is 0. The molecule has 0 aliphatic carbocycles. The molecule has 2 aromatic rings. The largest absolute Gasteiger partial charge is 0.481 e. The molecule has 176 valence electrons. The van der Waals surface area contributed by atoms with Gasteiger partial charge in [0.1, 0.15) is 11.6 Å². The highest BCUT2D eigenvalue weighted by Gasteiger charge is 2.33. The number of fused-ring (bicyclic) bond motifs is 1. The number of rotatable bonds is 6. The highest BCUT2D eigenvalue weighted by atomic mass is 19.1. The fourth-order valence-electron chi connectivity index (χ4n) is 4.89. The fourth-order valence-corrected chi connectivity index (χ4v) is 4.89. The maximum atomic E-state index is 14.2. The summed E-state index contributed by atoms with van der Waals surface area (Å²) in [6, 6.07) is 11.9. The van der Waals surface area contributed by atoms with Gasteiger partial charge in [-0.1, -0.05) is 32.0 Å². The van der Waals surface area contributed by atoms with Crippen molar-refractivity contribution in [3.05, 3.63) is 65.0 Å². The van der Waals surface area contributed by atoms with Gasteiger partial charge in [0, 0.05) is 26.1 Å². The third-order valence-electron chi connectivity index (χ3n) is 6.49. The first-order valence-corrected chi connectivity index (χ1v) is 12.0. The van der Waals surface area contributed by atoms with E-state index >= 15 is 0 Å². The minimum atomic E-state index is -0.587. The van der Waals surface area contributed by atoms with Crippen LogP contribution in [0.15, 0.2) is 42.5 Å². The molecule has 0 radical (unpaired) electrons. The summed E-state index contributed by atoms with van der Waals surface area (Å²) in [5.74, 6) is 0.565. The summed E-state index contributed by atoms with van der Waals surface area (Å²) in [6.45, 7) is 7.98. The molecular weight excluding hydrogens is 419 g/mol. The molecule has 0 saturated carbocycles. The number of hydrogen-bond acceptors (Lipinski definition) is 3. The first-order valence-electron chi connectivity index (χ1n) is 12.0. The first-order chi connectivity index (χ1) is 15.8. The van der Waals surface area contributed by atoms with E-state index in [0.29, 0.717) is 18.7 Å². The van der Waals surface area contributed by atoms with E-state index in [2.05, 4.69) is 0 Å². The average molecular weight is 453 g/mol. The summed E-state index contributed by atoms with van der Waals surface area (Å²) in [5, 5.41) is 0. The maximum Gasteiger partial charge on any atom is 0.263 e. The van der Waals surface area contributed by atoms with Crippen LogP contribution < -0.4 is 4.74 Å². The molecule has 2 atom stereocenters. The Balaban J connectivity index is 1.65. The third kappa shape index (κ3) is 5.21. The maximum absolute atomic E-state index is 14.2. The second-order valence-electron chi connectivity index (χ2n) is 9.55. The lowest BCUT2D eigenvalue weighted by molar-refractivity contribution is -0.136. The number of hydrogen-bond donors (Lipinski definition) is 0. The van der Waals surface area contributed by atoms with Crippen molar-refractivity contribution in [2.24, 2.45) is 5.92 Å². The van der Waals surface area contributed by atoms with Crippen molar-refractivity contribution < 1.29 is 18.7 Å². The molecular formula is C27H33FN2O3. The number of amides is 2. The molecule has 1 fully saturated rings. The lowest BCUT2D eigenvalue weighted by atomic mass is 9.87. The van der Waals surface area contributed by atoms with Gasteiger partial charge < -0.3 is 14.5 Å². The molecule has 5 nitrogen and oxygen atoms in total. The molecule has 1 saturated heterocycles. The van der Waals surface area contributed by atoms with Gasteiger partial charge in [-0.25, -0.2) is 4.39 Å². The van der Waals surface area contributed by atoms with Crippen LogP contribution in [0.1, 0.15) is 62.8 Å². The van der Waals surface area contributed by atoms with E-state index in [1.54, 1.807) is 13.0 Å². The van der Waals surface area contributed by atoms with Crippen molar-refractivity contribution in [1.29, 1.82) is 0 Å². The van der Waals surface area contributed by atoms with Crippen LogP contribution in [-0.2, 0) is 16.0 Å². The number of carbonyl (C=O) groups is 2. The Kier molecular flexibility index (Phi) is 7.01. The van der Waals surface area contributed by atoms with Crippen molar-refractivity contribution in [2.45, 2.75) is 58.6 Å². The first kappa shape index (κ1) is 23.3. The lowest BCUT2D eigenvalue weighted by Crippen LogP contribution is -2.41. The molecule has 0 bridgehead atoms. The predicted octanol–water partition coefficient (Wildman–Crippen LogP) is 4.74. The Morgan fingerprint density at radius 2 is 1.82 bits per heavy atom. The molecule has 0 N–H and O–H groups in total. The summed E-state index contributed by atoms with van der Waals surface area (Å²) in [5.41, 5.74) is 2.79. The second kappa shape index (κ2) is 9.94. The Hall–Kier alpha value is -2.89. The normalized spacial score (nSPS) is 18.9.